The van der Waals surface area contributed by atoms with Gasteiger partial charge in [0.05, 0.1) is 0 Å². The minimum Gasteiger partial charge on any atom is -0.510 e. The summed E-state index contributed by atoms with van der Waals surface area (Å²) in [6.45, 7) is 4.65. The lowest BCUT2D eigenvalue weighted by Crippen LogP contribution is -2.60. The van der Waals surface area contributed by atoms with Crippen LogP contribution in [0.2, 0.25) is 0 Å². The van der Waals surface area contributed by atoms with E-state index in [-0.39, 0.29) is 68.4 Å². The van der Waals surface area contributed by atoms with E-state index in [9.17, 15) is 48.3 Å². The Morgan fingerprint density at radius 2 is 1.48 bits per heavy atom. The van der Waals surface area contributed by atoms with Gasteiger partial charge in [0, 0.05) is 51.6 Å². The minimum absolute atomic E-state index is 0.0250. The molecular weight excluding hydrogens is 839 g/mol. The van der Waals surface area contributed by atoms with Crippen LogP contribution in [-0.4, -0.2) is 136 Å². The summed E-state index contributed by atoms with van der Waals surface area (Å²) in [6.07, 6.45) is 16.5. The first-order valence-corrected chi connectivity index (χ1v) is 21.7. The zero-order valence-corrected chi connectivity index (χ0v) is 36.9. The molecule has 18 nitrogen and oxygen atoms in total. The number of likely N-dealkylation sites (N-methyl/N-ethyl adjacent to an activating group) is 1. The number of amides is 7. The fourth-order valence-corrected chi connectivity index (χ4v) is 7.85. The van der Waals surface area contributed by atoms with Crippen molar-refractivity contribution in [3.05, 3.63) is 108 Å². The number of aliphatic hydroxyl groups is 1. The average Bonchev–Trinajstić information content (AvgIpc) is 4.02. The molecule has 3 aliphatic heterocycles. The predicted molar refractivity (Wildman–Crippen MR) is 237 cm³/mol. The number of nitrogens with one attached hydrogen (secondary N) is 4. The molecule has 3 fully saturated rings. The smallest absolute Gasteiger partial charge is 0.328 e. The van der Waals surface area contributed by atoms with Gasteiger partial charge in [-0.15, -0.1) is 0 Å². The van der Waals surface area contributed by atoms with E-state index < -0.39 is 90.2 Å². The third kappa shape index (κ3) is 13.2. The third-order valence-corrected chi connectivity index (χ3v) is 11.5. The van der Waals surface area contributed by atoms with Crippen LogP contribution in [0, 0.1) is 5.92 Å². The van der Waals surface area contributed by atoms with Crippen molar-refractivity contribution in [1.29, 1.82) is 0 Å². The van der Waals surface area contributed by atoms with Gasteiger partial charge in [-0.2, -0.15) is 0 Å². The van der Waals surface area contributed by atoms with E-state index in [1.54, 1.807) is 66.8 Å². The zero-order valence-electron chi connectivity index (χ0n) is 36.9. The Hall–Kier alpha value is -7.11. The molecular formula is C47H57N7O11. The number of carbonyl (C=O) groups excluding carboxylic acids is 9. The number of rotatable bonds is 12. The number of Topliss-reactive ketones (excluding diaryl/α,β-unsaturated/α-hetero) is 1. The average molecular weight is 896 g/mol. The monoisotopic (exact) mass is 895 g/mol. The summed E-state index contributed by atoms with van der Waals surface area (Å²) in [5, 5.41) is 20.1. The molecule has 1 aromatic carbocycles. The topological polar surface area (TPSA) is 241 Å². The maximum Gasteiger partial charge on any atom is 0.328 e. The first-order chi connectivity index (χ1) is 31.0. The zero-order chi connectivity index (χ0) is 47.2. The lowest BCUT2D eigenvalue weighted by atomic mass is 10.0. The van der Waals surface area contributed by atoms with Crippen LogP contribution >= 0.6 is 0 Å². The number of hydrogen-bond acceptors (Lipinski definition) is 11. The Labute approximate surface area is 377 Å². The molecule has 0 bridgehead atoms. The molecule has 0 spiro atoms. The van der Waals surface area contributed by atoms with Gasteiger partial charge in [0.1, 0.15) is 54.3 Å². The highest BCUT2D eigenvalue weighted by molar-refractivity contribution is 6.03. The second kappa shape index (κ2) is 23.0. The Morgan fingerprint density at radius 3 is 2.12 bits per heavy atom. The van der Waals surface area contributed by atoms with Gasteiger partial charge in [0.2, 0.25) is 41.4 Å². The van der Waals surface area contributed by atoms with Crippen molar-refractivity contribution in [3.8, 4) is 0 Å². The molecule has 5 rings (SSSR count). The maximum absolute atomic E-state index is 14.4. The van der Waals surface area contributed by atoms with Gasteiger partial charge < -0.3 is 45.8 Å². The van der Waals surface area contributed by atoms with Crippen LogP contribution in [0.5, 0.6) is 0 Å². The summed E-state index contributed by atoms with van der Waals surface area (Å²) in [5.41, 5.74) is 0.616. The van der Waals surface area contributed by atoms with E-state index in [1.165, 1.54) is 59.9 Å². The Bertz CT molecular complexity index is 2200. The highest BCUT2D eigenvalue weighted by atomic mass is 16.5. The number of esters is 1. The molecule has 1 aromatic rings. The molecule has 0 aromatic heterocycles. The number of hydrogen-bond donors (Lipinski definition) is 5. The van der Waals surface area contributed by atoms with Crippen LogP contribution in [0.3, 0.4) is 0 Å². The van der Waals surface area contributed by atoms with Crippen LogP contribution < -0.4 is 21.3 Å². The van der Waals surface area contributed by atoms with Gasteiger partial charge in [-0.1, -0.05) is 85.9 Å². The third-order valence-electron chi connectivity index (χ3n) is 11.5. The first-order valence-electron chi connectivity index (χ1n) is 21.7. The lowest BCUT2D eigenvalue weighted by molar-refractivity contribution is -0.158. The van der Waals surface area contributed by atoms with Crippen molar-refractivity contribution in [3.63, 3.8) is 0 Å². The lowest BCUT2D eigenvalue weighted by Gasteiger charge is -2.34. The number of allylic oxidation sites excluding steroid dienone is 10. The van der Waals surface area contributed by atoms with Crippen LogP contribution in [0.4, 0.5) is 0 Å². The van der Waals surface area contributed by atoms with E-state index >= 15 is 0 Å². The second-order valence-corrected chi connectivity index (χ2v) is 16.4. The predicted octanol–water partition coefficient (Wildman–Crippen LogP) is 1.36. The van der Waals surface area contributed by atoms with Crippen molar-refractivity contribution in [2.75, 3.05) is 26.7 Å². The summed E-state index contributed by atoms with van der Waals surface area (Å²) in [7, 11) is 1.44. The fraction of sp³-hybridized carbons (Fsp3) is 0.426. The second-order valence-electron chi connectivity index (χ2n) is 16.4. The Balaban J connectivity index is 1.29. The maximum atomic E-state index is 14.4. The van der Waals surface area contributed by atoms with Gasteiger partial charge in [-0.3, -0.25) is 38.4 Å². The van der Waals surface area contributed by atoms with Crippen molar-refractivity contribution in [1.82, 2.24) is 36.0 Å². The number of nitrogens with zero attached hydrogens (tertiary/aromatic N) is 3. The number of carbonyl (C=O) groups is 9. The van der Waals surface area contributed by atoms with Crippen molar-refractivity contribution < 1.29 is 53.0 Å². The molecule has 5 N–H and O–H groups in total. The molecule has 0 radical (unpaired) electrons. The molecule has 65 heavy (non-hydrogen) atoms. The van der Waals surface area contributed by atoms with Crippen molar-refractivity contribution >= 4 is 53.1 Å². The number of cyclic esters (lactones) is 1. The number of ether oxygens (including phenoxy) is 1. The molecule has 1 aliphatic carbocycles. The number of aliphatic hydroxyl groups excluding tert-OH is 1. The first kappa shape index (κ1) is 48.9. The van der Waals surface area contributed by atoms with E-state index in [0.29, 0.717) is 12.0 Å². The van der Waals surface area contributed by atoms with Crippen LogP contribution in [-0.2, 0) is 54.3 Å². The van der Waals surface area contributed by atoms with Gasteiger partial charge in [0.25, 0.3) is 0 Å². The van der Waals surface area contributed by atoms with Crippen LogP contribution in [0.1, 0.15) is 58.4 Å². The van der Waals surface area contributed by atoms with Gasteiger partial charge >= 0.3 is 5.97 Å². The van der Waals surface area contributed by atoms with E-state index in [2.05, 4.69) is 21.3 Å². The summed E-state index contributed by atoms with van der Waals surface area (Å²) < 4.78 is 5.70. The molecule has 7 atom stereocenters. The van der Waals surface area contributed by atoms with Crippen LogP contribution in [0.15, 0.2) is 103 Å². The molecule has 18 heteroatoms. The molecule has 7 amide bonds. The highest BCUT2D eigenvalue weighted by Gasteiger charge is 2.44. The number of ketones is 1. The molecule has 4 aliphatic rings. The van der Waals surface area contributed by atoms with Gasteiger partial charge in [0.15, 0.2) is 5.78 Å². The summed E-state index contributed by atoms with van der Waals surface area (Å²) >= 11 is 0. The summed E-state index contributed by atoms with van der Waals surface area (Å²) in [4.78, 5) is 124. The SMILES string of the molecule is CC1CC2C(=O)OCC(NC(=O)C(Cc3ccccc3)NC(=O)/C=C/C=C/C=C/C=C/C=C/C(=O)NC3=C(O)CCC3=O)C(=O)N3CCCC3C(=O)N(C)C(C)C(=O)NC(C)C(=O)N2C1. The van der Waals surface area contributed by atoms with Gasteiger partial charge in [-0.25, -0.2) is 4.79 Å². The normalized spacial score (nSPS) is 25.6. The minimum atomic E-state index is -1.49. The summed E-state index contributed by atoms with van der Waals surface area (Å²) in [6, 6.07) is 2.15. The van der Waals surface area contributed by atoms with E-state index in [4.69, 9.17) is 4.74 Å². The molecule has 346 valence electrons. The molecule has 3 saturated heterocycles. The largest absolute Gasteiger partial charge is 0.510 e. The van der Waals surface area contributed by atoms with Gasteiger partial charge in [-0.05, 0) is 44.6 Å². The highest BCUT2D eigenvalue weighted by Crippen LogP contribution is 2.26. The van der Waals surface area contributed by atoms with Crippen LogP contribution in [0.25, 0.3) is 0 Å². The van der Waals surface area contributed by atoms with Crippen molar-refractivity contribution in [2.45, 2.75) is 95.5 Å². The Morgan fingerprint density at radius 1 is 0.831 bits per heavy atom. The number of fused-ring (bicyclic) bond motifs is 2. The fourth-order valence-electron chi connectivity index (χ4n) is 7.85. The number of benzene rings is 1. The molecule has 0 saturated carbocycles. The standard InChI is InChI=1S/C47H57N7O11/c1-29-25-36-47(64)65-28-34(45(62)53-24-16-19-35(53)46(63)52(4)31(3)42(59)48-30(2)44(61)54(36)27-29)50-43(60)33(26-32-17-12-11-13-18-32)49-39(57)20-14-9-7-5-6-8-10-15-21-40(58)51-41-37(55)22-23-38(41)56/h5-15,17-18,20-21,29-31,33-36,55H,16,19,22-28H2,1-4H3,(H,48,59)(H,49,57)(H,50,60)(H,51,58)/b6-5+,9-7+,10-8+,20-14+,21-15+. The quantitative estimate of drug-likeness (QED) is 0.114. The van der Waals surface area contributed by atoms with E-state index in [1.807, 2.05) is 6.92 Å². The molecule has 7 unspecified atom stereocenters. The van der Waals surface area contributed by atoms with Crippen molar-refractivity contribution in [2.24, 2.45) is 5.92 Å². The summed E-state index contributed by atoms with van der Waals surface area (Å²) in [5.74, 6) is -5.59. The van der Waals surface area contributed by atoms with E-state index in [0.717, 1.165) is 0 Å². The molecule has 3 heterocycles. The Kier molecular flexibility index (Phi) is 17.3.